The van der Waals surface area contributed by atoms with E-state index in [2.05, 4.69) is 27.7 Å². The Morgan fingerprint density at radius 2 is 2.05 bits per heavy atom. The molecule has 1 rings (SSSR count). The molecule has 1 aromatic rings. The lowest BCUT2D eigenvalue weighted by atomic mass is 10.2. The zero-order chi connectivity index (χ0) is 15.2. The summed E-state index contributed by atoms with van der Waals surface area (Å²) in [7, 11) is 0. The number of halogens is 3. The zero-order valence-electron chi connectivity index (χ0n) is 10.4. The van der Waals surface area contributed by atoms with Crippen LogP contribution in [0.4, 0.5) is 0 Å². The summed E-state index contributed by atoms with van der Waals surface area (Å²) in [6.07, 6.45) is -1.05. The molecule has 1 atom stereocenters. The van der Waals surface area contributed by atoms with Crippen molar-refractivity contribution in [3.05, 3.63) is 29.8 Å². The largest absolute Gasteiger partial charge is 0.329 e. The molecule has 108 valence electrons. The van der Waals surface area contributed by atoms with Crippen LogP contribution in [0.2, 0.25) is 0 Å². The van der Waals surface area contributed by atoms with Gasteiger partial charge in [0.25, 0.3) is 0 Å². The highest BCUT2D eigenvalue weighted by Gasteiger charge is 2.33. The number of hydrogen-bond acceptors (Lipinski definition) is 4. The minimum Gasteiger partial charge on any atom is -0.329 e. The number of aryl methyl sites for hydroxylation is 1. The molecule has 1 N–H and O–H groups in total. The number of rotatable bonds is 5. The maximum absolute atomic E-state index is 11.8. The van der Waals surface area contributed by atoms with E-state index in [4.69, 9.17) is 34.8 Å². The number of amides is 1. The zero-order valence-corrected chi connectivity index (χ0v) is 14.3. The summed E-state index contributed by atoms with van der Waals surface area (Å²) in [6.45, 7) is 2.00. The van der Waals surface area contributed by atoms with Gasteiger partial charge in [0.15, 0.2) is 6.17 Å². The molecule has 0 spiro atoms. The Balaban J connectivity index is 2.54. The summed E-state index contributed by atoms with van der Waals surface area (Å²) in [4.78, 5) is 16.4. The van der Waals surface area contributed by atoms with Crippen molar-refractivity contribution in [1.82, 2.24) is 5.32 Å². The van der Waals surface area contributed by atoms with Crippen LogP contribution in [0.3, 0.4) is 0 Å². The van der Waals surface area contributed by atoms with E-state index in [1.54, 1.807) is 0 Å². The number of thiocarbonyl (C=S) groups is 1. The van der Waals surface area contributed by atoms with E-state index in [1.807, 2.05) is 31.2 Å². The third-order valence-corrected chi connectivity index (χ3v) is 3.92. The summed E-state index contributed by atoms with van der Waals surface area (Å²) in [5.74, 6) is -0.117. The minimum atomic E-state index is -1.77. The molecule has 0 heterocycles. The van der Waals surface area contributed by atoms with Gasteiger partial charge in [-0.2, -0.15) is 0 Å². The number of carbonyl (C=O) groups excluding carboxylic acids is 1. The lowest BCUT2D eigenvalue weighted by Crippen LogP contribution is -2.43. The van der Waals surface area contributed by atoms with E-state index in [0.717, 1.165) is 10.5 Å². The van der Waals surface area contributed by atoms with Crippen molar-refractivity contribution in [1.29, 1.82) is 0 Å². The number of thioether (sulfide) groups is 1. The first kappa shape index (κ1) is 17.8. The van der Waals surface area contributed by atoms with Gasteiger partial charge in [0, 0.05) is 4.90 Å². The van der Waals surface area contributed by atoms with E-state index >= 15 is 0 Å². The van der Waals surface area contributed by atoms with Crippen LogP contribution in [-0.2, 0) is 4.79 Å². The summed E-state index contributed by atoms with van der Waals surface area (Å²) >= 11 is 22.9. The van der Waals surface area contributed by atoms with Gasteiger partial charge in [0.05, 0.1) is 10.9 Å². The molecule has 20 heavy (non-hydrogen) atoms. The Bertz CT molecular complexity index is 510. The predicted molar refractivity (Wildman–Crippen MR) is 89.1 cm³/mol. The molecule has 0 fully saturated rings. The van der Waals surface area contributed by atoms with Gasteiger partial charge in [-0.3, -0.25) is 4.79 Å². The minimum absolute atomic E-state index is 0.188. The number of nitrogens with zero attached hydrogens (tertiary/aromatic N) is 1. The Kier molecular flexibility index (Phi) is 7.30. The van der Waals surface area contributed by atoms with E-state index < -0.39 is 9.96 Å². The fraction of sp³-hybridized carbons (Fsp3) is 0.333. The lowest BCUT2D eigenvalue weighted by Gasteiger charge is -2.20. The van der Waals surface area contributed by atoms with Gasteiger partial charge < -0.3 is 5.32 Å². The van der Waals surface area contributed by atoms with Crippen LogP contribution in [0.15, 0.2) is 34.2 Å². The maximum atomic E-state index is 11.8. The van der Waals surface area contributed by atoms with Crippen LogP contribution in [0, 0.1) is 6.92 Å². The molecule has 1 amide bonds. The van der Waals surface area contributed by atoms with Crippen LogP contribution in [0.5, 0.6) is 0 Å². The molecule has 0 aliphatic rings. The highest BCUT2D eigenvalue weighted by atomic mass is 35.6. The lowest BCUT2D eigenvalue weighted by molar-refractivity contribution is -0.119. The van der Waals surface area contributed by atoms with Crippen LogP contribution < -0.4 is 5.32 Å². The van der Waals surface area contributed by atoms with E-state index in [0.29, 0.717) is 0 Å². The molecule has 0 bridgehead atoms. The van der Waals surface area contributed by atoms with Gasteiger partial charge in [0.1, 0.15) is 0 Å². The van der Waals surface area contributed by atoms with Crippen molar-refractivity contribution in [3.63, 3.8) is 0 Å². The third-order valence-electron chi connectivity index (χ3n) is 2.18. The summed E-state index contributed by atoms with van der Waals surface area (Å²) < 4.78 is -1.77. The first-order chi connectivity index (χ1) is 9.32. The molecule has 0 saturated carbocycles. The molecule has 0 unspecified atom stereocenters. The summed E-state index contributed by atoms with van der Waals surface area (Å²) in [5.41, 5.74) is 1.16. The van der Waals surface area contributed by atoms with Crippen molar-refractivity contribution in [2.45, 2.75) is 21.8 Å². The van der Waals surface area contributed by atoms with Gasteiger partial charge >= 0.3 is 0 Å². The molecule has 0 aromatic heterocycles. The van der Waals surface area contributed by atoms with Crippen molar-refractivity contribution >= 4 is 69.9 Å². The quantitative estimate of drug-likeness (QED) is 0.369. The first-order valence-corrected chi connectivity index (χ1v) is 7.98. The number of alkyl halides is 3. The van der Waals surface area contributed by atoms with Crippen LogP contribution in [0.25, 0.3) is 0 Å². The van der Waals surface area contributed by atoms with Gasteiger partial charge in [0.2, 0.25) is 9.70 Å². The molecule has 1 aromatic carbocycles. The van der Waals surface area contributed by atoms with Gasteiger partial charge in [-0.25, -0.2) is 4.99 Å². The van der Waals surface area contributed by atoms with Crippen LogP contribution in [-0.4, -0.2) is 26.8 Å². The van der Waals surface area contributed by atoms with E-state index in [9.17, 15) is 4.79 Å². The molecule has 3 nitrogen and oxygen atoms in total. The molecule has 0 aliphatic carbocycles. The SMILES string of the molecule is Cc1ccc(SCC(=O)N[C@H](N=C=S)C(Cl)(Cl)Cl)cc1. The second-order valence-corrected chi connectivity index (χ2v) is 7.43. The van der Waals surface area contributed by atoms with Crippen molar-refractivity contribution in [2.24, 2.45) is 4.99 Å². The number of hydrogen-bond donors (Lipinski definition) is 1. The molecule has 0 aliphatic heterocycles. The molecule has 0 saturated heterocycles. The number of benzene rings is 1. The van der Waals surface area contributed by atoms with Crippen LogP contribution in [0.1, 0.15) is 5.56 Å². The Morgan fingerprint density at radius 3 is 2.55 bits per heavy atom. The fourth-order valence-corrected chi connectivity index (χ4v) is 2.34. The van der Waals surface area contributed by atoms with Crippen LogP contribution >= 0.6 is 58.8 Å². The number of isothiocyanates is 1. The van der Waals surface area contributed by atoms with E-state index in [1.165, 1.54) is 11.8 Å². The Labute approximate surface area is 142 Å². The maximum Gasteiger partial charge on any atom is 0.232 e. The normalized spacial score (nSPS) is 12.4. The molecular formula is C12H11Cl3N2OS2. The number of nitrogens with one attached hydrogen (secondary N) is 1. The third kappa shape index (κ3) is 6.44. The average Bonchev–Trinajstić information content (AvgIpc) is 2.36. The van der Waals surface area contributed by atoms with Crippen molar-refractivity contribution < 1.29 is 4.79 Å². The van der Waals surface area contributed by atoms with Gasteiger partial charge in [-0.05, 0) is 31.3 Å². The highest BCUT2D eigenvalue weighted by Crippen LogP contribution is 2.31. The Hall–Kier alpha value is -0.290. The fourth-order valence-electron chi connectivity index (χ4n) is 1.22. The monoisotopic (exact) mass is 368 g/mol. The predicted octanol–water partition coefficient (Wildman–Crippen LogP) is 4.00. The molecule has 8 heteroatoms. The van der Waals surface area contributed by atoms with Gasteiger partial charge in [-0.1, -0.05) is 52.5 Å². The van der Waals surface area contributed by atoms with Gasteiger partial charge in [-0.15, -0.1) is 11.8 Å². The average molecular weight is 370 g/mol. The van der Waals surface area contributed by atoms with Crippen molar-refractivity contribution in [3.8, 4) is 0 Å². The number of aliphatic imine (C=N–C) groups is 1. The Morgan fingerprint density at radius 1 is 1.45 bits per heavy atom. The van der Waals surface area contributed by atoms with Crippen molar-refractivity contribution in [2.75, 3.05) is 5.75 Å². The second-order valence-electron chi connectivity index (χ2n) is 3.83. The highest BCUT2D eigenvalue weighted by molar-refractivity contribution is 8.00. The molecular weight excluding hydrogens is 359 g/mol. The smallest absolute Gasteiger partial charge is 0.232 e. The molecule has 0 radical (unpaired) electrons. The second kappa shape index (κ2) is 8.23. The first-order valence-electron chi connectivity index (χ1n) is 5.45. The topological polar surface area (TPSA) is 41.5 Å². The summed E-state index contributed by atoms with van der Waals surface area (Å²) in [5, 5.41) is 4.58. The standard InChI is InChI=1S/C12H11Cl3N2OS2/c1-8-2-4-9(5-3-8)20-6-10(18)17-11(16-7-19)12(13,14)15/h2-5,11H,6H2,1H3,(H,17,18)/t11-/m0/s1. The summed E-state index contributed by atoms with van der Waals surface area (Å²) in [6, 6.07) is 7.82. The van der Waals surface area contributed by atoms with E-state index in [-0.39, 0.29) is 11.7 Å². The number of carbonyl (C=O) groups is 1.